The fraction of sp³-hybridized carbons (Fsp3) is 0.136. The Morgan fingerprint density at radius 2 is 1.79 bits per heavy atom. The van der Waals surface area contributed by atoms with E-state index in [1.54, 1.807) is 25.7 Å². The number of amides is 2. The summed E-state index contributed by atoms with van der Waals surface area (Å²) in [6, 6.07) is 17.2. The van der Waals surface area contributed by atoms with E-state index in [0.29, 0.717) is 23.6 Å². The van der Waals surface area contributed by atoms with Crippen molar-refractivity contribution < 1.29 is 14.8 Å². The summed E-state index contributed by atoms with van der Waals surface area (Å²) in [4.78, 5) is 33.0. The number of hydroxylamine groups is 1. The highest BCUT2D eigenvalue weighted by atomic mass is 16.5. The number of benzene rings is 2. The fourth-order valence-corrected chi connectivity index (χ4v) is 2.84. The standard InChI is InChI=1S/C22H22N4O3/c1-26(2)22(28)21-20(17-6-4-3-5-7-17)23-18(24-21)14-16-10-8-15(9-11-16)12-13-19(27)25-29/h3-13,29H,14H2,1-2H3,(H,23,24)(H,25,27)/b13-12+. The molecule has 3 rings (SSSR count). The van der Waals surface area contributed by atoms with Crippen molar-refractivity contribution >= 4 is 17.9 Å². The van der Waals surface area contributed by atoms with Crippen LogP contribution in [-0.2, 0) is 11.2 Å². The topological polar surface area (TPSA) is 98.3 Å². The lowest BCUT2D eigenvalue weighted by Gasteiger charge is -2.09. The third kappa shape index (κ3) is 4.97. The van der Waals surface area contributed by atoms with Gasteiger partial charge in [0.1, 0.15) is 17.2 Å². The quantitative estimate of drug-likeness (QED) is 0.342. The molecule has 0 unspecified atom stereocenters. The average molecular weight is 390 g/mol. The zero-order valence-electron chi connectivity index (χ0n) is 16.2. The lowest BCUT2D eigenvalue weighted by molar-refractivity contribution is -0.124. The molecular weight excluding hydrogens is 368 g/mol. The van der Waals surface area contributed by atoms with E-state index < -0.39 is 5.91 Å². The van der Waals surface area contributed by atoms with Gasteiger partial charge in [-0.05, 0) is 17.2 Å². The number of hydrogen-bond donors (Lipinski definition) is 3. The highest BCUT2D eigenvalue weighted by Crippen LogP contribution is 2.23. The van der Waals surface area contributed by atoms with Gasteiger partial charge in [0.2, 0.25) is 0 Å². The van der Waals surface area contributed by atoms with Crippen molar-refractivity contribution in [2.24, 2.45) is 0 Å². The summed E-state index contributed by atoms with van der Waals surface area (Å²) in [7, 11) is 3.42. The molecular formula is C22H22N4O3. The van der Waals surface area contributed by atoms with Crippen LogP contribution in [-0.4, -0.2) is 46.0 Å². The molecule has 0 saturated heterocycles. The number of aromatic nitrogens is 2. The summed E-state index contributed by atoms with van der Waals surface area (Å²) < 4.78 is 0. The van der Waals surface area contributed by atoms with Crippen LogP contribution in [0.25, 0.3) is 17.3 Å². The van der Waals surface area contributed by atoms with Gasteiger partial charge in [-0.1, -0.05) is 54.6 Å². The molecule has 0 aliphatic heterocycles. The second-order valence-corrected chi connectivity index (χ2v) is 6.70. The van der Waals surface area contributed by atoms with Crippen molar-refractivity contribution in [2.45, 2.75) is 6.42 Å². The third-order valence-corrected chi connectivity index (χ3v) is 4.31. The van der Waals surface area contributed by atoms with E-state index >= 15 is 0 Å². The first-order valence-electron chi connectivity index (χ1n) is 9.05. The van der Waals surface area contributed by atoms with E-state index in [1.807, 2.05) is 54.6 Å². The molecule has 3 N–H and O–H groups in total. The maximum atomic E-state index is 12.6. The second kappa shape index (κ2) is 8.99. The number of carbonyl (C=O) groups is 2. The van der Waals surface area contributed by atoms with Gasteiger partial charge in [0.05, 0.1) is 0 Å². The number of aromatic amines is 1. The van der Waals surface area contributed by atoms with Crippen LogP contribution in [0.15, 0.2) is 60.7 Å². The van der Waals surface area contributed by atoms with Gasteiger partial charge in [-0.2, -0.15) is 0 Å². The molecule has 1 heterocycles. The summed E-state index contributed by atoms with van der Waals surface area (Å²) in [5, 5.41) is 8.51. The number of nitrogens with one attached hydrogen (secondary N) is 2. The van der Waals surface area contributed by atoms with Crippen LogP contribution >= 0.6 is 0 Å². The van der Waals surface area contributed by atoms with E-state index in [-0.39, 0.29) is 5.91 Å². The van der Waals surface area contributed by atoms with E-state index in [4.69, 9.17) is 5.21 Å². The third-order valence-electron chi connectivity index (χ3n) is 4.31. The van der Waals surface area contributed by atoms with Crippen LogP contribution in [0, 0.1) is 0 Å². The van der Waals surface area contributed by atoms with Crippen LogP contribution < -0.4 is 5.48 Å². The van der Waals surface area contributed by atoms with E-state index in [1.165, 1.54) is 11.0 Å². The fourth-order valence-electron chi connectivity index (χ4n) is 2.84. The van der Waals surface area contributed by atoms with Gasteiger partial charge in [-0.3, -0.25) is 14.8 Å². The second-order valence-electron chi connectivity index (χ2n) is 6.70. The Hall–Kier alpha value is -3.71. The molecule has 0 spiro atoms. The molecule has 0 aliphatic carbocycles. The Morgan fingerprint density at radius 3 is 2.41 bits per heavy atom. The van der Waals surface area contributed by atoms with Gasteiger partial charge in [0.15, 0.2) is 0 Å². The van der Waals surface area contributed by atoms with Crippen molar-refractivity contribution in [2.75, 3.05) is 14.1 Å². The minimum absolute atomic E-state index is 0.134. The number of rotatable bonds is 6. The number of carbonyl (C=O) groups excluding carboxylic acids is 2. The first-order chi connectivity index (χ1) is 14.0. The monoisotopic (exact) mass is 390 g/mol. The van der Waals surface area contributed by atoms with Gasteiger partial charge >= 0.3 is 0 Å². The van der Waals surface area contributed by atoms with E-state index in [9.17, 15) is 9.59 Å². The zero-order valence-corrected chi connectivity index (χ0v) is 16.2. The van der Waals surface area contributed by atoms with Gasteiger partial charge < -0.3 is 9.88 Å². The summed E-state index contributed by atoms with van der Waals surface area (Å²) in [6.45, 7) is 0. The largest absolute Gasteiger partial charge is 0.343 e. The van der Waals surface area contributed by atoms with Crippen LogP contribution in [0.1, 0.15) is 27.4 Å². The Morgan fingerprint density at radius 1 is 1.10 bits per heavy atom. The van der Waals surface area contributed by atoms with Gasteiger partial charge in [0.25, 0.3) is 11.8 Å². The first-order valence-corrected chi connectivity index (χ1v) is 9.05. The summed E-state index contributed by atoms with van der Waals surface area (Å²) in [6.07, 6.45) is 3.37. The highest BCUT2D eigenvalue weighted by molar-refractivity contribution is 5.98. The Kier molecular flexibility index (Phi) is 6.21. The van der Waals surface area contributed by atoms with Gasteiger partial charge in [0, 0.05) is 32.2 Å². The Balaban J connectivity index is 1.85. The number of nitrogens with zero attached hydrogens (tertiary/aromatic N) is 2. The van der Waals surface area contributed by atoms with Crippen LogP contribution in [0.2, 0.25) is 0 Å². The number of hydrogen-bond acceptors (Lipinski definition) is 4. The molecule has 3 aromatic rings. The van der Waals surface area contributed by atoms with E-state index in [0.717, 1.165) is 16.7 Å². The molecule has 0 fully saturated rings. The average Bonchev–Trinajstić information content (AvgIpc) is 3.16. The van der Waals surface area contributed by atoms with Crippen molar-refractivity contribution in [1.29, 1.82) is 0 Å². The highest BCUT2D eigenvalue weighted by Gasteiger charge is 2.20. The number of imidazole rings is 1. The molecule has 1 aromatic heterocycles. The summed E-state index contributed by atoms with van der Waals surface area (Å²) in [5.74, 6) is -0.0292. The van der Waals surface area contributed by atoms with Crippen molar-refractivity contribution in [3.63, 3.8) is 0 Å². The molecule has 29 heavy (non-hydrogen) atoms. The first kappa shape index (κ1) is 20.0. The maximum Gasteiger partial charge on any atom is 0.272 e. The van der Waals surface area contributed by atoms with Crippen LogP contribution in [0.3, 0.4) is 0 Å². The molecule has 2 amide bonds. The predicted octanol–water partition coefficient (Wildman–Crippen LogP) is 2.89. The molecule has 0 atom stereocenters. The molecule has 2 aromatic carbocycles. The SMILES string of the molecule is CN(C)C(=O)c1[nH]c(Cc2ccc(/C=C/C(=O)NO)cc2)nc1-c1ccccc1. The maximum absolute atomic E-state index is 12.6. The van der Waals surface area contributed by atoms with Crippen molar-refractivity contribution in [3.05, 3.63) is 83.3 Å². The molecule has 7 nitrogen and oxygen atoms in total. The number of H-pyrrole nitrogens is 1. The minimum atomic E-state index is -0.587. The summed E-state index contributed by atoms with van der Waals surface area (Å²) >= 11 is 0. The molecule has 7 heteroatoms. The van der Waals surface area contributed by atoms with Crippen LogP contribution in [0.4, 0.5) is 0 Å². The van der Waals surface area contributed by atoms with Crippen LogP contribution in [0.5, 0.6) is 0 Å². The smallest absolute Gasteiger partial charge is 0.272 e. The summed E-state index contributed by atoms with van der Waals surface area (Å²) in [5.41, 5.74) is 5.35. The normalized spacial score (nSPS) is 10.9. The molecule has 148 valence electrons. The Bertz CT molecular complexity index is 1020. The Labute approximate surface area is 168 Å². The zero-order chi connectivity index (χ0) is 20.8. The minimum Gasteiger partial charge on any atom is -0.343 e. The predicted molar refractivity (Wildman–Crippen MR) is 110 cm³/mol. The molecule has 0 aliphatic rings. The van der Waals surface area contributed by atoms with Crippen molar-refractivity contribution in [1.82, 2.24) is 20.3 Å². The van der Waals surface area contributed by atoms with Crippen molar-refractivity contribution in [3.8, 4) is 11.3 Å². The van der Waals surface area contributed by atoms with E-state index in [2.05, 4.69) is 9.97 Å². The molecule has 0 bridgehead atoms. The molecule has 0 radical (unpaired) electrons. The lowest BCUT2D eigenvalue weighted by atomic mass is 10.1. The lowest BCUT2D eigenvalue weighted by Crippen LogP contribution is -2.22. The molecule has 0 saturated carbocycles. The van der Waals surface area contributed by atoms with Gasteiger partial charge in [-0.25, -0.2) is 10.5 Å². The van der Waals surface area contributed by atoms with Gasteiger partial charge in [-0.15, -0.1) is 0 Å².